The van der Waals surface area contributed by atoms with Crippen LogP contribution in [0.4, 0.5) is 0 Å². The summed E-state index contributed by atoms with van der Waals surface area (Å²) in [6, 6.07) is 0. The smallest absolute Gasteiger partial charge is 0.223 e. The summed E-state index contributed by atoms with van der Waals surface area (Å²) in [6.45, 7) is 6.45. The largest absolute Gasteiger partial charge is 0.507 e. The van der Waals surface area contributed by atoms with Gasteiger partial charge in [-0.1, -0.05) is 19.4 Å². The molecule has 0 radical (unpaired) electrons. The van der Waals surface area contributed by atoms with Crippen LogP contribution in [-0.4, -0.2) is 26.2 Å². The van der Waals surface area contributed by atoms with Gasteiger partial charge in [0.1, 0.15) is 5.76 Å². The highest BCUT2D eigenvalue weighted by Gasteiger charge is 2.62. The first kappa shape index (κ1) is 18.0. The van der Waals surface area contributed by atoms with Gasteiger partial charge in [-0.3, -0.25) is 4.79 Å². The third kappa shape index (κ3) is 2.07. The van der Waals surface area contributed by atoms with E-state index in [1.54, 1.807) is 6.08 Å². The zero-order valence-corrected chi connectivity index (χ0v) is 16.5. The van der Waals surface area contributed by atoms with Crippen LogP contribution in [0, 0.1) is 40.4 Å². The zero-order chi connectivity index (χ0) is 19.0. The van der Waals surface area contributed by atoms with E-state index in [-0.39, 0.29) is 28.1 Å². The van der Waals surface area contributed by atoms with Crippen LogP contribution in [0.2, 0.25) is 0 Å². The molecule has 3 fully saturated rings. The first-order valence-electron chi connectivity index (χ1n) is 9.73. The minimum atomic E-state index is -0.650. The number of rotatable bonds is 1. The molecule has 4 nitrogen and oxygen atoms in total. The lowest BCUT2D eigenvalue weighted by Gasteiger charge is -2.57. The molecule has 0 amide bonds. The number of aliphatic hydroxyl groups is 3. The molecule has 0 heterocycles. The van der Waals surface area contributed by atoms with Crippen molar-refractivity contribution in [2.75, 3.05) is 0 Å². The van der Waals surface area contributed by atoms with Gasteiger partial charge < -0.3 is 15.3 Å². The van der Waals surface area contributed by atoms with Crippen molar-refractivity contribution in [1.82, 2.24) is 0 Å². The van der Waals surface area contributed by atoms with Crippen LogP contribution >= 0.6 is 12.2 Å². The number of hydrogen-bond donors (Lipinski definition) is 3. The lowest BCUT2D eigenvalue weighted by atomic mass is 9.47. The van der Waals surface area contributed by atoms with E-state index in [2.05, 4.69) is 13.8 Å². The zero-order valence-electron chi connectivity index (χ0n) is 15.7. The normalized spacial score (nSPS) is 47.7. The maximum atomic E-state index is 12.0. The Hall–Kier alpha value is -1.36. The standard InChI is InChI=1S/C21H28O4S/c1-10-8-14-12-5-4-11-9-15(22)17(23)18(24)21(11,3)13(12)6-7-20(14,2)16(10)19(25)26/h9-10,12-14,16,23-24H,4-8H2,1-3H3,(H,25,26)/t10-,12-,13+,14+,16-,20+,21+/m1/s1. The molecule has 3 saturated carbocycles. The van der Waals surface area contributed by atoms with Crippen molar-refractivity contribution in [3.8, 4) is 0 Å². The summed E-state index contributed by atoms with van der Waals surface area (Å²) in [4.78, 5) is 12.0. The van der Waals surface area contributed by atoms with Gasteiger partial charge in [0.25, 0.3) is 0 Å². The van der Waals surface area contributed by atoms with Crippen molar-refractivity contribution in [2.24, 2.45) is 40.4 Å². The highest BCUT2D eigenvalue weighted by Crippen LogP contribution is 2.68. The first-order valence-corrected chi connectivity index (χ1v) is 10.1. The number of ketones is 1. The van der Waals surface area contributed by atoms with Crippen molar-refractivity contribution >= 4 is 23.1 Å². The fourth-order valence-corrected chi connectivity index (χ4v) is 7.76. The Morgan fingerprint density at radius 1 is 1.23 bits per heavy atom. The molecular weight excluding hydrogens is 348 g/mol. The number of aliphatic hydroxyl groups excluding tert-OH is 3. The maximum absolute atomic E-state index is 12.0. The second-order valence-electron chi connectivity index (χ2n) is 9.42. The van der Waals surface area contributed by atoms with Crippen molar-refractivity contribution in [3.05, 3.63) is 23.2 Å². The molecule has 0 unspecified atom stereocenters. The maximum Gasteiger partial charge on any atom is 0.223 e. The minimum absolute atomic E-state index is 0.00411. The monoisotopic (exact) mass is 376 g/mol. The molecule has 0 saturated heterocycles. The van der Waals surface area contributed by atoms with E-state index < -0.39 is 17.0 Å². The third-order valence-corrected chi connectivity index (χ3v) is 8.71. The molecular formula is C21H28O4S. The molecule has 4 aliphatic carbocycles. The van der Waals surface area contributed by atoms with E-state index in [0.29, 0.717) is 17.8 Å². The number of allylic oxidation sites excluding steroid dienone is 2. The predicted octanol–water partition coefficient (Wildman–Crippen LogP) is 4.81. The van der Waals surface area contributed by atoms with Crippen LogP contribution in [0.15, 0.2) is 23.2 Å². The van der Waals surface area contributed by atoms with Gasteiger partial charge in [0.15, 0.2) is 5.05 Å². The van der Waals surface area contributed by atoms with E-state index in [1.807, 2.05) is 6.92 Å². The highest BCUT2D eigenvalue weighted by molar-refractivity contribution is 7.80. The molecule has 142 valence electrons. The number of hydrogen-bond acceptors (Lipinski definition) is 4. The van der Waals surface area contributed by atoms with Gasteiger partial charge in [-0.05, 0) is 86.4 Å². The molecule has 0 spiro atoms. The predicted molar refractivity (Wildman–Crippen MR) is 103 cm³/mol. The molecule has 4 aliphatic rings. The molecule has 7 atom stereocenters. The molecule has 26 heavy (non-hydrogen) atoms. The van der Waals surface area contributed by atoms with E-state index >= 15 is 0 Å². The van der Waals surface area contributed by atoms with Gasteiger partial charge in [0, 0.05) is 5.92 Å². The Bertz CT molecular complexity index is 753. The average molecular weight is 377 g/mol. The van der Waals surface area contributed by atoms with Crippen LogP contribution in [-0.2, 0) is 4.79 Å². The Morgan fingerprint density at radius 2 is 1.92 bits per heavy atom. The molecule has 4 rings (SSSR count). The Balaban J connectivity index is 1.75. The molecule has 3 N–H and O–H groups in total. The van der Waals surface area contributed by atoms with Gasteiger partial charge in [-0.15, -0.1) is 0 Å². The lowest BCUT2D eigenvalue weighted by Crippen LogP contribution is -2.52. The van der Waals surface area contributed by atoms with Crippen LogP contribution in [0.25, 0.3) is 0 Å². The van der Waals surface area contributed by atoms with Crippen molar-refractivity contribution < 1.29 is 20.1 Å². The first-order chi connectivity index (χ1) is 12.1. The van der Waals surface area contributed by atoms with Gasteiger partial charge >= 0.3 is 0 Å². The van der Waals surface area contributed by atoms with Gasteiger partial charge in [-0.25, -0.2) is 0 Å². The second kappa shape index (κ2) is 5.57. The molecule has 0 aromatic heterocycles. The number of carbonyl (C=O) groups is 1. The van der Waals surface area contributed by atoms with Crippen LogP contribution in [0.5, 0.6) is 0 Å². The Morgan fingerprint density at radius 3 is 2.58 bits per heavy atom. The SMILES string of the molecule is C[C@@H]1C[C@H]2[C@@H]3CCC4=CC(=O)C(O)=C(O)[C@]4(C)[C@H]3CC[C@]2(C)[C@H]1C(O)=S. The van der Waals surface area contributed by atoms with Crippen molar-refractivity contribution in [1.29, 1.82) is 0 Å². The summed E-state index contributed by atoms with van der Waals surface area (Å²) in [7, 11) is 0. The van der Waals surface area contributed by atoms with Gasteiger partial charge in [0.05, 0.1) is 5.41 Å². The summed E-state index contributed by atoms with van der Waals surface area (Å²) in [6.07, 6.45) is 6.19. The Kier molecular flexibility index (Phi) is 3.86. The number of thiocarbonyl (C=S) groups is 1. The fraction of sp³-hybridized carbons (Fsp3) is 0.714. The van der Waals surface area contributed by atoms with Gasteiger partial charge in [-0.2, -0.15) is 0 Å². The van der Waals surface area contributed by atoms with Crippen LogP contribution in [0.1, 0.15) is 52.9 Å². The van der Waals surface area contributed by atoms with E-state index in [4.69, 9.17) is 12.2 Å². The minimum Gasteiger partial charge on any atom is -0.507 e. The summed E-state index contributed by atoms with van der Waals surface area (Å²) in [5.41, 5.74) is 0.307. The average Bonchev–Trinajstić information content (AvgIpc) is 2.85. The Labute approximate surface area is 160 Å². The topological polar surface area (TPSA) is 77.8 Å². The molecule has 5 heteroatoms. The summed E-state index contributed by atoms with van der Waals surface area (Å²) < 4.78 is 0. The summed E-state index contributed by atoms with van der Waals surface area (Å²) >= 11 is 5.21. The fourth-order valence-electron chi connectivity index (χ4n) is 7.26. The van der Waals surface area contributed by atoms with E-state index in [9.17, 15) is 20.1 Å². The quantitative estimate of drug-likeness (QED) is 0.572. The lowest BCUT2D eigenvalue weighted by molar-refractivity contribution is -0.115. The number of fused-ring (bicyclic) bond motifs is 5. The van der Waals surface area contributed by atoms with E-state index in [0.717, 1.165) is 37.7 Å². The summed E-state index contributed by atoms with van der Waals surface area (Å²) in [5.74, 6) is 0.356. The highest BCUT2D eigenvalue weighted by atomic mass is 32.1. The molecule has 0 aliphatic heterocycles. The van der Waals surface area contributed by atoms with E-state index in [1.165, 1.54) is 0 Å². The third-order valence-electron chi connectivity index (χ3n) is 8.46. The van der Waals surface area contributed by atoms with Gasteiger partial charge in [0.2, 0.25) is 11.5 Å². The van der Waals surface area contributed by atoms with Crippen LogP contribution < -0.4 is 0 Å². The molecule has 0 aromatic carbocycles. The van der Waals surface area contributed by atoms with Crippen molar-refractivity contribution in [2.45, 2.75) is 52.9 Å². The second-order valence-corrected chi connectivity index (χ2v) is 9.84. The molecule has 0 aromatic rings. The summed E-state index contributed by atoms with van der Waals surface area (Å²) in [5, 5.41) is 31.2. The molecule has 0 bridgehead atoms. The number of carbonyl (C=O) groups excluding carboxylic acids is 1. The van der Waals surface area contributed by atoms with Crippen molar-refractivity contribution in [3.63, 3.8) is 0 Å². The van der Waals surface area contributed by atoms with Crippen LogP contribution in [0.3, 0.4) is 0 Å².